The van der Waals surface area contributed by atoms with Crippen molar-refractivity contribution in [2.75, 3.05) is 17.8 Å². The third-order valence-corrected chi connectivity index (χ3v) is 8.88. The summed E-state index contributed by atoms with van der Waals surface area (Å²) in [6.07, 6.45) is 6.11. The molecule has 7 heteroatoms. The SMILES string of the molecule is Cc1ccc(NS(=O)(=O)C2CCCCC2)cc1C(=O)N1CCC(c2ccc(C#N)cc2)CC1. The van der Waals surface area contributed by atoms with Crippen LogP contribution in [0.15, 0.2) is 42.5 Å². The minimum atomic E-state index is -3.45. The van der Waals surface area contributed by atoms with Crippen molar-refractivity contribution in [2.45, 2.75) is 63.0 Å². The summed E-state index contributed by atoms with van der Waals surface area (Å²) in [6.45, 7) is 3.19. The lowest BCUT2D eigenvalue weighted by atomic mass is 9.88. The monoisotopic (exact) mass is 465 g/mol. The van der Waals surface area contributed by atoms with Gasteiger partial charge in [0, 0.05) is 24.3 Å². The standard InChI is InChI=1S/C26H31N3O3S/c1-19-7-12-23(28-33(31,32)24-5-3-2-4-6-24)17-25(19)26(30)29-15-13-22(14-16-29)21-10-8-20(18-27)9-11-21/h7-12,17,22,24,28H,2-6,13-16H2,1H3. The van der Waals surface area contributed by atoms with E-state index in [-0.39, 0.29) is 11.2 Å². The maximum atomic E-state index is 13.3. The van der Waals surface area contributed by atoms with Gasteiger partial charge in [-0.1, -0.05) is 37.5 Å². The predicted molar refractivity (Wildman–Crippen MR) is 130 cm³/mol. The first kappa shape index (κ1) is 23.3. The molecule has 0 aromatic heterocycles. The lowest BCUT2D eigenvalue weighted by molar-refractivity contribution is 0.0712. The number of nitriles is 1. The van der Waals surface area contributed by atoms with Gasteiger partial charge in [0.2, 0.25) is 10.0 Å². The van der Waals surface area contributed by atoms with Crippen molar-refractivity contribution in [3.63, 3.8) is 0 Å². The molecule has 1 aliphatic carbocycles. The highest BCUT2D eigenvalue weighted by Crippen LogP contribution is 2.30. The van der Waals surface area contributed by atoms with E-state index in [0.717, 1.165) is 37.7 Å². The van der Waals surface area contributed by atoms with E-state index in [1.165, 1.54) is 5.56 Å². The van der Waals surface area contributed by atoms with Crippen LogP contribution in [0.2, 0.25) is 0 Å². The lowest BCUT2D eigenvalue weighted by Gasteiger charge is -2.32. The summed E-state index contributed by atoms with van der Waals surface area (Å²) in [4.78, 5) is 15.1. The molecule has 1 saturated heterocycles. The van der Waals surface area contributed by atoms with Gasteiger partial charge in [-0.05, 0) is 73.9 Å². The molecule has 2 aromatic rings. The predicted octanol–water partition coefficient (Wildman–Crippen LogP) is 4.96. The molecule has 6 nitrogen and oxygen atoms in total. The number of piperidine rings is 1. The number of aryl methyl sites for hydroxylation is 1. The summed E-state index contributed by atoms with van der Waals surface area (Å²) in [6, 6.07) is 15.1. The van der Waals surface area contributed by atoms with E-state index >= 15 is 0 Å². The summed E-state index contributed by atoms with van der Waals surface area (Å²) in [7, 11) is -3.45. The highest BCUT2D eigenvalue weighted by atomic mass is 32.2. The van der Waals surface area contributed by atoms with E-state index in [0.29, 0.717) is 48.7 Å². The van der Waals surface area contributed by atoms with Crippen LogP contribution in [0.3, 0.4) is 0 Å². The molecule has 0 atom stereocenters. The van der Waals surface area contributed by atoms with Crippen molar-refractivity contribution in [1.29, 1.82) is 5.26 Å². The largest absolute Gasteiger partial charge is 0.339 e. The summed E-state index contributed by atoms with van der Waals surface area (Å²) in [5.41, 5.74) is 3.71. The van der Waals surface area contributed by atoms with Crippen molar-refractivity contribution in [1.82, 2.24) is 4.90 Å². The second-order valence-electron chi connectivity index (χ2n) is 9.24. The highest BCUT2D eigenvalue weighted by Gasteiger charge is 2.29. The van der Waals surface area contributed by atoms with E-state index in [9.17, 15) is 13.2 Å². The molecular weight excluding hydrogens is 434 g/mol. The number of rotatable bonds is 5. The highest BCUT2D eigenvalue weighted by molar-refractivity contribution is 7.93. The Labute approximate surface area is 196 Å². The summed E-state index contributed by atoms with van der Waals surface area (Å²) in [5, 5.41) is 8.63. The molecule has 33 heavy (non-hydrogen) atoms. The molecule has 1 heterocycles. The van der Waals surface area contributed by atoms with Gasteiger partial charge in [-0.2, -0.15) is 5.26 Å². The van der Waals surface area contributed by atoms with Crippen LogP contribution in [-0.4, -0.2) is 37.6 Å². The van der Waals surface area contributed by atoms with Crippen molar-refractivity contribution in [3.8, 4) is 6.07 Å². The zero-order chi connectivity index (χ0) is 23.4. The minimum Gasteiger partial charge on any atom is -0.339 e. The molecule has 1 N–H and O–H groups in total. The maximum absolute atomic E-state index is 13.3. The van der Waals surface area contributed by atoms with Gasteiger partial charge in [0.05, 0.1) is 16.9 Å². The average molecular weight is 466 g/mol. The van der Waals surface area contributed by atoms with E-state index in [1.54, 1.807) is 12.1 Å². The molecule has 1 amide bonds. The molecule has 1 aliphatic heterocycles. The number of sulfonamides is 1. The smallest absolute Gasteiger partial charge is 0.254 e. The van der Waals surface area contributed by atoms with E-state index in [4.69, 9.17) is 5.26 Å². The summed E-state index contributed by atoms with van der Waals surface area (Å²) in [5.74, 6) is 0.320. The minimum absolute atomic E-state index is 0.0514. The summed E-state index contributed by atoms with van der Waals surface area (Å²) < 4.78 is 28.3. The number of hydrogen-bond acceptors (Lipinski definition) is 4. The molecule has 2 aromatic carbocycles. The summed E-state index contributed by atoms with van der Waals surface area (Å²) >= 11 is 0. The molecule has 0 spiro atoms. The number of benzene rings is 2. The number of carbonyl (C=O) groups is 1. The molecule has 2 aliphatic rings. The molecular formula is C26H31N3O3S. The third kappa shape index (κ3) is 5.39. The van der Waals surface area contributed by atoms with E-state index < -0.39 is 10.0 Å². The number of likely N-dealkylation sites (tertiary alicyclic amines) is 1. The first-order valence-corrected chi connectivity index (χ1v) is 13.3. The Morgan fingerprint density at radius 1 is 1.00 bits per heavy atom. The van der Waals surface area contributed by atoms with Gasteiger partial charge in [0.1, 0.15) is 0 Å². The molecule has 0 bridgehead atoms. The molecule has 0 radical (unpaired) electrons. The van der Waals surface area contributed by atoms with E-state index in [2.05, 4.69) is 10.8 Å². The Morgan fingerprint density at radius 3 is 2.30 bits per heavy atom. The Kier molecular flexibility index (Phi) is 7.04. The average Bonchev–Trinajstić information content (AvgIpc) is 2.85. The molecule has 0 unspecified atom stereocenters. The van der Waals surface area contributed by atoms with Crippen LogP contribution in [0.4, 0.5) is 5.69 Å². The fourth-order valence-corrected chi connectivity index (χ4v) is 6.53. The van der Waals surface area contributed by atoms with Gasteiger partial charge >= 0.3 is 0 Å². The van der Waals surface area contributed by atoms with Crippen LogP contribution in [0.25, 0.3) is 0 Å². The van der Waals surface area contributed by atoms with Crippen LogP contribution in [0.1, 0.15) is 77.9 Å². The number of carbonyl (C=O) groups excluding carboxylic acids is 1. The topological polar surface area (TPSA) is 90.3 Å². The van der Waals surface area contributed by atoms with Gasteiger partial charge in [0.25, 0.3) is 5.91 Å². The molecule has 174 valence electrons. The molecule has 2 fully saturated rings. The van der Waals surface area contributed by atoms with Crippen LogP contribution in [0.5, 0.6) is 0 Å². The number of nitrogens with zero attached hydrogens (tertiary/aromatic N) is 2. The van der Waals surface area contributed by atoms with Crippen LogP contribution in [0, 0.1) is 18.3 Å². The molecule has 4 rings (SSSR count). The van der Waals surface area contributed by atoms with Crippen molar-refractivity contribution >= 4 is 21.6 Å². The van der Waals surface area contributed by atoms with Crippen LogP contribution < -0.4 is 4.72 Å². The number of nitrogens with one attached hydrogen (secondary N) is 1. The van der Waals surface area contributed by atoms with Crippen molar-refractivity contribution < 1.29 is 13.2 Å². The van der Waals surface area contributed by atoms with Gasteiger partial charge < -0.3 is 4.90 Å². The Bertz CT molecular complexity index is 1140. The number of anilines is 1. The quantitative estimate of drug-likeness (QED) is 0.676. The second kappa shape index (κ2) is 9.96. The van der Waals surface area contributed by atoms with Crippen LogP contribution in [-0.2, 0) is 10.0 Å². The normalized spacial score (nSPS) is 18.0. The fourth-order valence-electron chi connectivity index (χ4n) is 4.96. The third-order valence-electron chi connectivity index (χ3n) is 7.01. The second-order valence-corrected chi connectivity index (χ2v) is 11.2. The zero-order valence-electron chi connectivity index (χ0n) is 19.1. The first-order chi connectivity index (χ1) is 15.9. The Hall–Kier alpha value is -2.85. The van der Waals surface area contributed by atoms with Crippen molar-refractivity contribution in [3.05, 3.63) is 64.7 Å². The first-order valence-electron chi connectivity index (χ1n) is 11.8. The number of amides is 1. The van der Waals surface area contributed by atoms with Gasteiger partial charge in [-0.3, -0.25) is 9.52 Å². The van der Waals surface area contributed by atoms with Gasteiger partial charge in [-0.15, -0.1) is 0 Å². The van der Waals surface area contributed by atoms with Gasteiger partial charge in [-0.25, -0.2) is 8.42 Å². The maximum Gasteiger partial charge on any atom is 0.254 e. The van der Waals surface area contributed by atoms with Crippen molar-refractivity contribution in [2.24, 2.45) is 0 Å². The Balaban J connectivity index is 1.42. The van der Waals surface area contributed by atoms with Crippen LogP contribution >= 0.6 is 0 Å². The zero-order valence-corrected chi connectivity index (χ0v) is 19.9. The number of hydrogen-bond donors (Lipinski definition) is 1. The van der Waals surface area contributed by atoms with E-state index in [1.807, 2.05) is 42.2 Å². The van der Waals surface area contributed by atoms with Gasteiger partial charge in [0.15, 0.2) is 0 Å². The fraction of sp³-hybridized carbons (Fsp3) is 0.462. The Morgan fingerprint density at radius 2 is 1.67 bits per heavy atom. The molecule has 1 saturated carbocycles. The lowest BCUT2D eigenvalue weighted by Crippen LogP contribution is -2.38.